The molecule has 2 aliphatic rings. The van der Waals surface area contributed by atoms with Crippen molar-refractivity contribution in [1.29, 1.82) is 0 Å². The molecule has 1 saturated carbocycles. The number of methoxy groups -OCH3 is 1. The van der Waals surface area contributed by atoms with Crippen LogP contribution in [0.3, 0.4) is 0 Å². The Morgan fingerprint density at radius 1 is 1.35 bits per heavy atom. The molecule has 3 atom stereocenters. The van der Waals surface area contributed by atoms with Gasteiger partial charge in [-0.3, -0.25) is 9.59 Å². The lowest BCUT2D eigenvalue weighted by atomic mass is 9.85. The van der Waals surface area contributed by atoms with Crippen LogP contribution in [-0.2, 0) is 16.1 Å². The first kappa shape index (κ1) is 27.5. The van der Waals surface area contributed by atoms with Crippen LogP contribution in [0.5, 0.6) is 5.75 Å². The smallest absolute Gasteiger partial charge is 0.243 e. The third-order valence-electron chi connectivity index (χ3n) is 7.14. The van der Waals surface area contributed by atoms with E-state index in [2.05, 4.69) is 15.6 Å². The quantitative estimate of drug-likeness (QED) is 0.458. The summed E-state index contributed by atoms with van der Waals surface area (Å²) in [5.41, 5.74) is 2.78. The standard InChI is InChI=1S/C27H37FN4O4S/c1-16-22(37-15-31-16)17-6-7-18(21(10-17)36-5)12-29-24(34)20-11-19(33)13-32(20)25(35)23(26(2,3)4)30-14-27(28)8-9-27/h6-7,10,15,19-20,23,30,33H,8-9,11-14H2,1-5H3,(H,29,34)/t19-,20+,23-/m1/s1. The Kier molecular flexibility index (Phi) is 7.92. The molecule has 1 aromatic carbocycles. The van der Waals surface area contributed by atoms with E-state index in [1.807, 2.05) is 45.9 Å². The van der Waals surface area contributed by atoms with E-state index in [-0.39, 0.29) is 37.9 Å². The number of β-amino-alcohol motifs (C(OH)–C–C–N with tert-alkyl or cyclic N) is 1. The number of hydrogen-bond donors (Lipinski definition) is 3. The van der Waals surface area contributed by atoms with Gasteiger partial charge in [0, 0.05) is 31.6 Å². The number of ether oxygens (including phenoxy) is 1. The van der Waals surface area contributed by atoms with Crippen molar-refractivity contribution in [2.24, 2.45) is 5.41 Å². The predicted molar refractivity (Wildman–Crippen MR) is 141 cm³/mol. The van der Waals surface area contributed by atoms with E-state index >= 15 is 0 Å². The molecule has 8 nitrogen and oxygen atoms in total. The fraction of sp³-hybridized carbons (Fsp3) is 0.593. The zero-order chi connectivity index (χ0) is 27.0. The van der Waals surface area contributed by atoms with E-state index in [0.717, 1.165) is 21.7 Å². The summed E-state index contributed by atoms with van der Waals surface area (Å²) in [5, 5.41) is 16.4. The van der Waals surface area contributed by atoms with Gasteiger partial charge in [0.2, 0.25) is 11.8 Å². The number of aromatic nitrogens is 1. The van der Waals surface area contributed by atoms with E-state index in [0.29, 0.717) is 18.6 Å². The van der Waals surface area contributed by atoms with Gasteiger partial charge in [0.05, 0.1) is 35.3 Å². The molecule has 2 amide bonds. The second-order valence-corrected chi connectivity index (χ2v) is 12.1. The first-order chi connectivity index (χ1) is 17.4. The molecule has 2 fully saturated rings. The lowest BCUT2D eigenvalue weighted by Crippen LogP contribution is -2.57. The second kappa shape index (κ2) is 10.7. The lowest BCUT2D eigenvalue weighted by Gasteiger charge is -2.35. The second-order valence-electron chi connectivity index (χ2n) is 11.2. The average molecular weight is 533 g/mol. The number of carbonyl (C=O) groups excluding carboxylic acids is 2. The van der Waals surface area contributed by atoms with Crippen LogP contribution in [0.1, 0.15) is 51.3 Å². The van der Waals surface area contributed by atoms with Gasteiger partial charge in [0.15, 0.2) is 0 Å². The van der Waals surface area contributed by atoms with Crippen molar-refractivity contribution in [3.63, 3.8) is 0 Å². The number of amides is 2. The lowest BCUT2D eigenvalue weighted by molar-refractivity contribution is -0.142. The first-order valence-electron chi connectivity index (χ1n) is 12.7. The number of benzene rings is 1. The molecule has 2 heterocycles. The van der Waals surface area contributed by atoms with Gasteiger partial charge < -0.3 is 25.4 Å². The highest BCUT2D eigenvalue weighted by Crippen LogP contribution is 2.39. The highest BCUT2D eigenvalue weighted by atomic mass is 32.1. The number of aliphatic hydroxyl groups is 1. The van der Waals surface area contributed by atoms with Crippen LogP contribution in [-0.4, -0.2) is 70.9 Å². The summed E-state index contributed by atoms with van der Waals surface area (Å²) in [5.74, 6) is 0.00340. The molecular formula is C27H37FN4O4S. The molecule has 0 unspecified atom stereocenters. The van der Waals surface area contributed by atoms with E-state index < -0.39 is 29.3 Å². The molecule has 4 rings (SSSR count). The van der Waals surface area contributed by atoms with Gasteiger partial charge in [-0.1, -0.05) is 32.9 Å². The molecule has 0 bridgehead atoms. The van der Waals surface area contributed by atoms with Crippen LogP contribution in [0.4, 0.5) is 4.39 Å². The molecule has 1 saturated heterocycles. The molecule has 10 heteroatoms. The molecule has 37 heavy (non-hydrogen) atoms. The van der Waals surface area contributed by atoms with E-state index in [9.17, 15) is 19.1 Å². The molecule has 0 spiro atoms. The molecule has 2 aromatic rings. The minimum absolute atomic E-state index is 0.0676. The SMILES string of the molecule is COc1cc(-c2scnc2C)ccc1CNC(=O)[C@@H]1C[C@@H](O)CN1C(=O)[C@@H](NCC1(F)CC1)C(C)(C)C. The zero-order valence-corrected chi connectivity index (χ0v) is 23.0. The van der Waals surface area contributed by atoms with E-state index in [1.54, 1.807) is 24.0 Å². The van der Waals surface area contributed by atoms with Gasteiger partial charge in [0.25, 0.3) is 0 Å². The number of nitrogens with zero attached hydrogens (tertiary/aromatic N) is 2. The summed E-state index contributed by atoms with van der Waals surface area (Å²) in [4.78, 5) is 33.6. The van der Waals surface area contributed by atoms with Crippen molar-refractivity contribution in [1.82, 2.24) is 20.5 Å². The van der Waals surface area contributed by atoms with Crippen molar-refractivity contribution in [3.05, 3.63) is 35.0 Å². The van der Waals surface area contributed by atoms with Crippen LogP contribution in [0, 0.1) is 12.3 Å². The van der Waals surface area contributed by atoms with Gasteiger partial charge in [-0.2, -0.15) is 0 Å². The maximum absolute atomic E-state index is 14.3. The third-order valence-corrected chi connectivity index (χ3v) is 8.12. The summed E-state index contributed by atoms with van der Waals surface area (Å²) in [6.07, 6.45) is 0.342. The number of likely N-dealkylation sites (tertiary alicyclic amines) is 1. The Bertz CT molecular complexity index is 1140. The molecular weight excluding hydrogens is 495 g/mol. The molecule has 0 radical (unpaired) electrons. The van der Waals surface area contributed by atoms with E-state index in [1.165, 1.54) is 4.90 Å². The first-order valence-corrected chi connectivity index (χ1v) is 13.6. The number of hydrogen-bond acceptors (Lipinski definition) is 7. The summed E-state index contributed by atoms with van der Waals surface area (Å²) in [6.45, 7) is 8.06. The van der Waals surface area contributed by atoms with Gasteiger partial charge in [-0.05, 0) is 36.8 Å². The van der Waals surface area contributed by atoms with Crippen LogP contribution in [0.2, 0.25) is 0 Å². The van der Waals surface area contributed by atoms with Gasteiger partial charge in [-0.25, -0.2) is 9.37 Å². The summed E-state index contributed by atoms with van der Waals surface area (Å²) in [6, 6.07) is 4.32. The monoisotopic (exact) mass is 532 g/mol. The number of aliphatic hydroxyl groups excluding tert-OH is 1. The molecule has 1 aromatic heterocycles. The fourth-order valence-corrected chi connectivity index (χ4v) is 5.55. The largest absolute Gasteiger partial charge is 0.496 e. The van der Waals surface area contributed by atoms with Gasteiger partial charge >= 0.3 is 0 Å². The Hall–Kier alpha value is -2.56. The van der Waals surface area contributed by atoms with Crippen LogP contribution in [0.25, 0.3) is 10.4 Å². The van der Waals surface area contributed by atoms with Crippen molar-refractivity contribution in [3.8, 4) is 16.2 Å². The maximum Gasteiger partial charge on any atom is 0.243 e. The van der Waals surface area contributed by atoms with Crippen molar-refractivity contribution in [2.45, 2.75) is 77.4 Å². The Morgan fingerprint density at radius 3 is 2.68 bits per heavy atom. The van der Waals surface area contributed by atoms with Gasteiger partial charge in [-0.15, -0.1) is 11.3 Å². The highest BCUT2D eigenvalue weighted by molar-refractivity contribution is 7.13. The number of thiazole rings is 1. The minimum atomic E-state index is -1.25. The van der Waals surface area contributed by atoms with Gasteiger partial charge in [0.1, 0.15) is 17.5 Å². The van der Waals surface area contributed by atoms with Crippen molar-refractivity contribution in [2.75, 3.05) is 20.2 Å². The normalized spacial score (nSPS) is 21.5. The zero-order valence-electron chi connectivity index (χ0n) is 22.1. The Morgan fingerprint density at radius 2 is 2.08 bits per heavy atom. The topological polar surface area (TPSA) is 104 Å². The van der Waals surface area contributed by atoms with E-state index in [4.69, 9.17) is 4.74 Å². The summed E-state index contributed by atoms with van der Waals surface area (Å²) < 4.78 is 19.9. The van der Waals surface area contributed by atoms with Crippen molar-refractivity contribution >= 4 is 23.2 Å². The number of rotatable bonds is 9. The number of aryl methyl sites for hydroxylation is 1. The molecule has 1 aliphatic carbocycles. The summed E-state index contributed by atoms with van der Waals surface area (Å²) >= 11 is 1.55. The highest BCUT2D eigenvalue weighted by Gasteiger charge is 2.47. The van der Waals surface area contributed by atoms with Crippen LogP contribution in [0.15, 0.2) is 23.7 Å². The third kappa shape index (κ3) is 6.30. The Balaban J connectivity index is 1.45. The number of alkyl halides is 1. The molecule has 1 aliphatic heterocycles. The van der Waals surface area contributed by atoms with Crippen molar-refractivity contribution < 1.29 is 23.8 Å². The van der Waals surface area contributed by atoms with Crippen LogP contribution < -0.4 is 15.4 Å². The number of carbonyl (C=O) groups is 2. The molecule has 3 N–H and O–H groups in total. The molecule has 202 valence electrons. The Labute approximate surface area is 221 Å². The van der Waals surface area contributed by atoms with Crippen LogP contribution >= 0.6 is 11.3 Å². The number of halogens is 1. The number of nitrogens with one attached hydrogen (secondary N) is 2. The average Bonchev–Trinajstić information content (AvgIpc) is 3.22. The minimum Gasteiger partial charge on any atom is -0.496 e. The predicted octanol–water partition coefficient (Wildman–Crippen LogP) is 3.21. The maximum atomic E-state index is 14.3. The fourth-order valence-electron chi connectivity index (χ4n) is 4.74. The summed E-state index contributed by atoms with van der Waals surface area (Å²) in [7, 11) is 1.58.